The molecule has 3 aromatic rings. The van der Waals surface area contributed by atoms with Crippen LogP contribution in [0.3, 0.4) is 0 Å². The van der Waals surface area contributed by atoms with Gasteiger partial charge in [-0.3, -0.25) is 0 Å². The standard InChI is InChI=1S/C11H7ClN2O2/c1-15-11-9-8(10(12)13-14-11)6-4-2-3-5-7(6)16-9/h2-5H,1H3. The highest BCUT2D eigenvalue weighted by atomic mass is 35.5. The summed E-state index contributed by atoms with van der Waals surface area (Å²) in [7, 11) is 1.52. The van der Waals surface area contributed by atoms with Crippen molar-refractivity contribution in [1.82, 2.24) is 10.2 Å². The van der Waals surface area contributed by atoms with E-state index in [0.29, 0.717) is 16.6 Å². The molecule has 16 heavy (non-hydrogen) atoms. The van der Waals surface area contributed by atoms with E-state index in [1.165, 1.54) is 7.11 Å². The molecule has 2 heterocycles. The summed E-state index contributed by atoms with van der Waals surface area (Å²) in [6.45, 7) is 0. The number of hydrogen-bond acceptors (Lipinski definition) is 4. The topological polar surface area (TPSA) is 48.2 Å². The van der Waals surface area contributed by atoms with Crippen molar-refractivity contribution >= 4 is 33.5 Å². The van der Waals surface area contributed by atoms with Gasteiger partial charge in [-0.1, -0.05) is 29.8 Å². The minimum absolute atomic E-state index is 0.320. The van der Waals surface area contributed by atoms with Gasteiger partial charge in [0.05, 0.1) is 12.5 Å². The molecule has 0 fully saturated rings. The van der Waals surface area contributed by atoms with Gasteiger partial charge in [0.1, 0.15) is 5.58 Å². The third kappa shape index (κ3) is 1.17. The molecule has 0 atom stereocenters. The van der Waals surface area contributed by atoms with E-state index in [1.54, 1.807) is 0 Å². The molecule has 3 rings (SSSR count). The molecule has 0 radical (unpaired) electrons. The zero-order chi connectivity index (χ0) is 11.1. The first-order valence-electron chi connectivity index (χ1n) is 4.68. The maximum atomic E-state index is 6.02. The van der Waals surface area contributed by atoms with Crippen molar-refractivity contribution in [2.45, 2.75) is 0 Å². The van der Waals surface area contributed by atoms with Crippen molar-refractivity contribution in [1.29, 1.82) is 0 Å². The number of halogens is 1. The van der Waals surface area contributed by atoms with Crippen LogP contribution in [0, 0.1) is 0 Å². The van der Waals surface area contributed by atoms with Gasteiger partial charge in [-0.15, -0.1) is 10.2 Å². The van der Waals surface area contributed by atoms with Crippen LogP contribution >= 0.6 is 11.6 Å². The molecule has 0 aliphatic rings. The van der Waals surface area contributed by atoms with Crippen molar-refractivity contribution in [3.63, 3.8) is 0 Å². The summed E-state index contributed by atoms with van der Waals surface area (Å²) >= 11 is 6.02. The Kier molecular flexibility index (Phi) is 1.97. The number of hydrogen-bond donors (Lipinski definition) is 0. The maximum Gasteiger partial charge on any atom is 0.277 e. The van der Waals surface area contributed by atoms with Gasteiger partial charge in [0.2, 0.25) is 5.58 Å². The van der Waals surface area contributed by atoms with E-state index >= 15 is 0 Å². The Balaban J connectivity index is 2.58. The molecule has 0 saturated carbocycles. The Morgan fingerprint density at radius 1 is 1.25 bits per heavy atom. The third-order valence-electron chi connectivity index (χ3n) is 2.42. The lowest BCUT2D eigenvalue weighted by atomic mass is 10.2. The third-order valence-corrected chi connectivity index (χ3v) is 2.68. The van der Waals surface area contributed by atoms with E-state index in [1.807, 2.05) is 24.3 Å². The van der Waals surface area contributed by atoms with Crippen LogP contribution in [0.1, 0.15) is 0 Å². The second kappa shape index (κ2) is 3.35. The van der Waals surface area contributed by atoms with E-state index in [4.69, 9.17) is 20.8 Å². The van der Waals surface area contributed by atoms with E-state index in [-0.39, 0.29) is 0 Å². The minimum Gasteiger partial charge on any atom is -0.477 e. The fourth-order valence-electron chi connectivity index (χ4n) is 1.72. The molecule has 0 unspecified atom stereocenters. The molecule has 5 heteroatoms. The number of rotatable bonds is 1. The van der Waals surface area contributed by atoms with Crippen molar-refractivity contribution in [3.8, 4) is 5.88 Å². The Bertz CT molecular complexity index is 678. The Labute approximate surface area is 95.8 Å². The lowest BCUT2D eigenvalue weighted by Crippen LogP contribution is -1.91. The number of benzene rings is 1. The molecule has 0 bridgehead atoms. The Hall–Kier alpha value is -1.81. The predicted molar refractivity (Wildman–Crippen MR) is 60.9 cm³/mol. The number of fused-ring (bicyclic) bond motifs is 3. The van der Waals surface area contributed by atoms with E-state index < -0.39 is 0 Å². The van der Waals surface area contributed by atoms with Gasteiger partial charge in [-0.2, -0.15) is 0 Å². The molecule has 0 spiro atoms. The van der Waals surface area contributed by atoms with E-state index in [0.717, 1.165) is 16.4 Å². The van der Waals surface area contributed by atoms with Gasteiger partial charge in [0.25, 0.3) is 5.88 Å². The summed E-state index contributed by atoms with van der Waals surface area (Å²) in [4.78, 5) is 0. The zero-order valence-electron chi connectivity index (χ0n) is 8.40. The van der Waals surface area contributed by atoms with Gasteiger partial charge in [0, 0.05) is 5.39 Å². The first-order chi connectivity index (χ1) is 7.81. The van der Waals surface area contributed by atoms with E-state index in [9.17, 15) is 0 Å². The lowest BCUT2D eigenvalue weighted by Gasteiger charge is -1.97. The smallest absolute Gasteiger partial charge is 0.277 e. The lowest BCUT2D eigenvalue weighted by molar-refractivity contribution is 0.390. The molecular formula is C11H7ClN2O2. The zero-order valence-corrected chi connectivity index (χ0v) is 9.15. The molecule has 0 aliphatic carbocycles. The minimum atomic E-state index is 0.320. The van der Waals surface area contributed by atoms with Crippen LogP contribution in [-0.2, 0) is 0 Å². The summed E-state index contributed by atoms with van der Waals surface area (Å²) in [6, 6.07) is 7.60. The van der Waals surface area contributed by atoms with Crippen LogP contribution in [0.25, 0.3) is 21.9 Å². The normalized spacial score (nSPS) is 11.1. The first-order valence-corrected chi connectivity index (χ1v) is 5.06. The highest BCUT2D eigenvalue weighted by molar-refractivity contribution is 6.36. The number of aromatic nitrogens is 2. The highest BCUT2D eigenvalue weighted by Gasteiger charge is 2.16. The maximum absolute atomic E-state index is 6.02. The number of para-hydroxylation sites is 1. The quantitative estimate of drug-likeness (QED) is 0.649. The molecule has 0 saturated heterocycles. The fourth-order valence-corrected chi connectivity index (χ4v) is 1.94. The molecule has 0 amide bonds. The molecular weight excluding hydrogens is 228 g/mol. The molecule has 80 valence electrons. The van der Waals surface area contributed by atoms with Crippen LogP contribution in [-0.4, -0.2) is 17.3 Å². The average molecular weight is 235 g/mol. The predicted octanol–water partition coefficient (Wildman–Crippen LogP) is 3.04. The van der Waals surface area contributed by atoms with Crippen molar-refractivity contribution < 1.29 is 9.15 Å². The number of nitrogens with zero attached hydrogens (tertiary/aromatic N) is 2. The monoisotopic (exact) mass is 234 g/mol. The van der Waals surface area contributed by atoms with Gasteiger partial charge in [-0.25, -0.2) is 0 Å². The highest BCUT2D eigenvalue weighted by Crippen LogP contribution is 2.36. The SMILES string of the molecule is COc1nnc(Cl)c2c1oc1ccccc12. The molecule has 1 aromatic carbocycles. The second-order valence-corrected chi connectivity index (χ2v) is 3.66. The summed E-state index contributed by atoms with van der Waals surface area (Å²) < 4.78 is 10.7. The Morgan fingerprint density at radius 3 is 2.88 bits per heavy atom. The van der Waals surface area contributed by atoms with Gasteiger partial charge in [0.15, 0.2) is 5.15 Å². The molecule has 0 N–H and O–H groups in total. The molecule has 4 nitrogen and oxygen atoms in total. The van der Waals surface area contributed by atoms with Crippen LogP contribution in [0.4, 0.5) is 0 Å². The van der Waals surface area contributed by atoms with Crippen LogP contribution in [0.15, 0.2) is 28.7 Å². The second-order valence-electron chi connectivity index (χ2n) is 3.30. The number of methoxy groups -OCH3 is 1. The Morgan fingerprint density at radius 2 is 2.06 bits per heavy atom. The van der Waals surface area contributed by atoms with Crippen molar-refractivity contribution in [2.24, 2.45) is 0 Å². The van der Waals surface area contributed by atoms with Crippen molar-refractivity contribution in [2.75, 3.05) is 7.11 Å². The summed E-state index contributed by atoms with van der Waals surface area (Å²) in [5, 5.41) is 9.63. The number of furan rings is 1. The van der Waals surface area contributed by atoms with Crippen molar-refractivity contribution in [3.05, 3.63) is 29.4 Å². The molecule has 0 aliphatic heterocycles. The largest absolute Gasteiger partial charge is 0.477 e. The van der Waals surface area contributed by atoms with Crippen LogP contribution < -0.4 is 4.74 Å². The van der Waals surface area contributed by atoms with Gasteiger partial charge in [-0.05, 0) is 6.07 Å². The van der Waals surface area contributed by atoms with Gasteiger partial charge >= 0.3 is 0 Å². The molecule has 2 aromatic heterocycles. The summed E-state index contributed by atoms with van der Waals surface area (Å²) in [5.41, 5.74) is 1.27. The van der Waals surface area contributed by atoms with Crippen LogP contribution in [0.5, 0.6) is 5.88 Å². The van der Waals surface area contributed by atoms with E-state index in [2.05, 4.69) is 10.2 Å². The number of ether oxygens (including phenoxy) is 1. The summed E-state index contributed by atoms with van der Waals surface area (Å²) in [6.07, 6.45) is 0. The van der Waals surface area contributed by atoms with Gasteiger partial charge < -0.3 is 9.15 Å². The fraction of sp³-hybridized carbons (Fsp3) is 0.0909. The average Bonchev–Trinajstić information content (AvgIpc) is 2.69. The summed E-state index contributed by atoms with van der Waals surface area (Å²) in [5.74, 6) is 0.343. The van der Waals surface area contributed by atoms with Crippen LogP contribution in [0.2, 0.25) is 5.15 Å². The first kappa shape index (κ1) is 9.42.